The summed E-state index contributed by atoms with van der Waals surface area (Å²) < 4.78 is 10.6. The molecule has 1 aliphatic heterocycles. The Morgan fingerprint density at radius 2 is 2.00 bits per heavy atom. The van der Waals surface area contributed by atoms with Crippen molar-refractivity contribution >= 4 is 11.0 Å². The zero-order valence-corrected chi connectivity index (χ0v) is 10.5. The third-order valence-electron chi connectivity index (χ3n) is 3.17. The van der Waals surface area contributed by atoms with Crippen molar-refractivity contribution in [1.82, 2.24) is 9.97 Å². The molecule has 20 heavy (non-hydrogen) atoms. The number of H-pyrrole nitrogens is 1. The molecule has 0 saturated carbocycles. The fourth-order valence-corrected chi connectivity index (χ4v) is 2.18. The van der Waals surface area contributed by atoms with E-state index in [9.17, 15) is 0 Å². The second kappa shape index (κ2) is 4.32. The van der Waals surface area contributed by atoms with Crippen molar-refractivity contribution in [3.05, 3.63) is 53.9 Å². The van der Waals surface area contributed by atoms with Gasteiger partial charge in [-0.05, 0) is 30.3 Å². The number of ether oxygens (including phenoxy) is 2. The molecule has 0 unspecified atom stereocenters. The van der Waals surface area contributed by atoms with Crippen molar-refractivity contribution in [2.75, 3.05) is 6.79 Å². The predicted molar refractivity (Wildman–Crippen MR) is 74.6 cm³/mol. The van der Waals surface area contributed by atoms with Crippen LogP contribution in [0.3, 0.4) is 0 Å². The lowest BCUT2D eigenvalue weighted by Crippen LogP contribution is -1.92. The maximum absolute atomic E-state index is 5.34. The molecule has 0 saturated heterocycles. The number of aromatic amines is 1. The van der Waals surface area contributed by atoms with E-state index < -0.39 is 0 Å². The van der Waals surface area contributed by atoms with Crippen molar-refractivity contribution in [3.63, 3.8) is 0 Å². The average Bonchev–Trinajstić information content (AvgIpc) is 3.13. The van der Waals surface area contributed by atoms with Gasteiger partial charge in [0.15, 0.2) is 11.5 Å². The van der Waals surface area contributed by atoms with E-state index in [0.717, 1.165) is 33.7 Å². The molecule has 0 fully saturated rings. The number of pyridine rings is 1. The second-order valence-electron chi connectivity index (χ2n) is 4.42. The predicted octanol–water partition coefficient (Wildman–Crippen LogP) is 2.69. The van der Waals surface area contributed by atoms with E-state index in [-0.39, 0.29) is 6.79 Å². The average molecular weight is 262 g/mol. The molecule has 0 radical (unpaired) electrons. The number of benzene rings is 1. The maximum atomic E-state index is 5.34. The Hall–Kier alpha value is -2.93. The van der Waals surface area contributed by atoms with E-state index >= 15 is 0 Å². The third-order valence-corrected chi connectivity index (χ3v) is 3.17. The van der Waals surface area contributed by atoms with E-state index in [2.05, 4.69) is 21.8 Å². The molecule has 0 atom stereocenters. The Labute approximate surface area is 115 Å². The summed E-state index contributed by atoms with van der Waals surface area (Å²) in [5.74, 6) is 7.84. The Morgan fingerprint density at radius 3 is 3.00 bits per heavy atom. The highest BCUT2D eigenvalue weighted by Gasteiger charge is 2.12. The van der Waals surface area contributed by atoms with Gasteiger partial charge >= 0.3 is 0 Å². The highest BCUT2D eigenvalue weighted by atomic mass is 16.7. The van der Waals surface area contributed by atoms with E-state index in [1.54, 1.807) is 6.20 Å². The summed E-state index contributed by atoms with van der Waals surface area (Å²) in [5.41, 5.74) is 2.70. The number of nitrogens with zero attached hydrogens (tertiary/aromatic N) is 1. The summed E-state index contributed by atoms with van der Waals surface area (Å²) in [5, 5.41) is 1.03. The molecule has 0 amide bonds. The van der Waals surface area contributed by atoms with Gasteiger partial charge in [-0.25, -0.2) is 4.98 Å². The van der Waals surface area contributed by atoms with Crippen molar-refractivity contribution in [3.8, 4) is 23.3 Å². The van der Waals surface area contributed by atoms with Crippen LogP contribution in [0.5, 0.6) is 11.5 Å². The van der Waals surface area contributed by atoms with Crippen LogP contribution in [0.1, 0.15) is 11.1 Å². The zero-order valence-electron chi connectivity index (χ0n) is 10.5. The summed E-state index contributed by atoms with van der Waals surface area (Å²) >= 11 is 0. The van der Waals surface area contributed by atoms with Crippen LogP contribution < -0.4 is 9.47 Å². The number of hydrogen-bond donors (Lipinski definition) is 1. The van der Waals surface area contributed by atoms with Crippen LogP contribution in [-0.2, 0) is 0 Å². The van der Waals surface area contributed by atoms with Crippen molar-refractivity contribution in [2.24, 2.45) is 0 Å². The number of nitrogens with one attached hydrogen (secondary N) is 1. The first kappa shape index (κ1) is 10.9. The molecule has 4 nitrogen and oxygen atoms in total. The highest BCUT2D eigenvalue weighted by Crippen LogP contribution is 2.32. The first-order chi connectivity index (χ1) is 9.90. The molecule has 0 spiro atoms. The number of aromatic nitrogens is 2. The van der Waals surface area contributed by atoms with Gasteiger partial charge in [0.2, 0.25) is 6.79 Å². The monoisotopic (exact) mass is 262 g/mol. The van der Waals surface area contributed by atoms with Gasteiger partial charge in [0, 0.05) is 28.9 Å². The van der Waals surface area contributed by atoms with Gasteiger partial charge < -0.3 is 14.5 Å². The van der Waals surface area contributed by atoms with Crippen molar-refractivity contribution < 1.29 is 9.47 Å². The lowest BCUT2D eigenvalue weighted by molar-refractivity contribution is 0.174. The van der Waals surface area contributed by atoms with Gasteiger partial charge in [0.1, 0.15) is 5.65 Å². The van der Waals surface area contributed by atoms with E-state index in [0.29, 0.717) is 0 Å². The topological polar surface area (TPSA) is 47.1 Å². The van der Waals surface area contributed by atoms with Crippen LogP contribution in [-0.4, -0.2) is 16.8 Å². The van der Waals surface area contributed by atoms with E-state index in [4.69, 9.17) is 9.47 Å². The summed E-state index contributed by atoms with van der Waals surface area (Å²) in [6.07, 6.45) is 3.62. The number of hydrogen-bond acceptors (Lipinski definition) is 3. The molecule has 4 rings (SSSR count). The van der Waals surface area contributed by atoms with Gasteiger partial charge in [-0.1, -0.05) is 11.8 Å². The quantitative estimate of drug-likeness (QED) is 0.634. The molecule has 2 aromatic heterocycles. The summed E-state index contributed by atoms with van der Waals surface area (Å²) in [4.78, 5) is 7.32. The van der Waals surface area contributed by atoms with Gasteiger partial charge in [0.05, 0.1) is 0 Å². The smallest absolute Gasteiger partial charge is 0.231 e. The van der Waals surface area contributed by atoms with Crippen LogP contribution in [0.4, 0.5) is 0 Å². The second-order valence-corrected chi connectivity index (χ2v) is 4.42. The largest absolute Gasteiger partial charge is 0.454 e. The molecule has 1 N–H and O–H groups in total. The third kappa shape index (κ3) is 1.77. The van der Waals surface area contributed by atoms with Crippen LogP contribution in [0.25, 0.3) is 11.0 Å². The highest BCUT2D eigenvalue weighted by molar-refractivity contribution is 5.82. The fourth-order valence-electron chi connectivity index (χ4n) is 2.18. The molecule has 0 bridgehead atoms. The van der Waals surface area contributed by atoms with Crippen molar-refractivity contribution in [2.45, 2.75) is 0 Å². The van der Waals surface area contributed by atoms with Crippen LogP contribution in [0, 0.1) is 11.8 Å². The molecular formula is C16H10N2O2. The molecule has 96 valence electrons. The summed E-state index contributed by atoms with van der Waals surface area (Å²) in [6, 6.07) is 9.59. The Morgan fingerprint density at radius 1 is 1.05 bits per heavy atom. The molecule has 1 aromatic carbocycles. The van der Waals surface area contributed by atoms with Gasteiger partial charge in [-0.3, -0.25) is 0 Å². The Balaban J connectivity index is 1.74. The Kier molecular flexibility index (Phi) is 2.36. The van der Waals surface area contributed by atoms with Gasteiger partial charge in [-0.15, -0.1) is 0 Å². The minimum absolute atomic E-state index is 0.278. The summed E-state index contributed by atoms with van der Waals surface area (Å²) in [6.45, 7) is 0.278. The first-order valence-electron chi connectivity index (χ1n) is 6.24. The minimum atomic E-state index is 0.278. The molecular weight excluding hydrogens is 252 g/mol. The van der Waals surface area contributed by atoms with Crippen molar-refractivity contribution in [1.29, 1.82) is 0 Å². The fraction of sp³-hybridized carbons (Fsp3) is 0.0625. The number of fused-ring (bicyclic) bond motifs is 2. The minimum Gasteiger partial charge on any atom is -0.454 e. The van der Waals surface area contributed by atoms with E-state index in [1.165, 1.54) is 0 Å². The molecule has 1 aliphatic rings. The molecule has 3 heterocycles. The van der Waals surface area contributed by atoms with Gasteiger partial charge in [0.25, 0.3) is 0 Å². The first-order valence-corrected chi connectivity index (χ1v) is 6.24. The lowest BCUT2D eigenvalue weighted by Gasteiger charge is -1.96. The van der Waals surface area contributed by atoms with Gasteiger partial charge in [-0.2, -0.15) is 0 Å². The normalized spacial score (nSPS) is 12.2. The summed E-state index contributed by atoms with van der Waals surface area (Å²) in [7, 11) is 0. The lowest BCUT2D eigenvalue weighted by atomic mass is 10.1. The van der Waals surface area contributed by atoms with Crippen LogP contribution in [0.15, 0.2) is 42.7 Å². The Bertz CT molecular complexity index is 856. The van der Waals surface area contributed by atoms with Crippen LogP contribution in [0.2, 0.25) is 0 Å². The number of rotatable bonds is 0. The molecule has 3 aromatic rings. The molecule has 4 heteroatoms. The zero-order chi connectivity index (χ0) is 13.4. The van der Waals surface area contributed by atoms with E-state index in [1.807, 2.05) is 36.5 Å². The molecule has 0 aliphatic carbocycles. The standard InChI is InChI=1S/C16H10N2O2/c1(11-2-4-14-15(9-11)20-10-19-14)3-12-5-7-17-16-13(12)6-8-18-16/h2,4-9H,10H2,(H,17,18). The maximum Gasteiger partial charge on any atom is 0.231 e. The van der Waals surface area contributed by atoms with Crippen LogP contribution >= 0.6 is 0 Å². The SMILES string of the molecule is C(#Cc1ccnc2[nH]ccc12)c1ccc2c(c1)OCO2.